The van der Waals surface area contributed by atoms with Gasteiger partial charge in [0.25, 0.3) is 0 Å². The third kappa shape index (κ3) is 1.64. The molecule has 0 radical (unpaired) electrons. The molecule has 2 rings (SSSR count). The summed E-state index contributed by atoms with van der Waals surface area (Å²) < 4.78 is 31.1. The molecule has 0 unspecified atom stereocenters. The highest BCUT2D eigenvalue weighted by molar-refractivity contribution is 9.10. The van der Waals surface area contributed by atoms with Gasteiger partial charge in [0.15, 0.2) is 0 Å². The van der Waals surface area contributed by atoms with Crippen LogP contribution in [0, 0.1) is 11.6 Å². The lowest BCUT2D eigenvalue weighted by atomic mass is 10.2. The van der Waals surface area contributed by atoms with Crippen LogP contribution in [0.3, 0.4) is 0 Å². The molecule has 5 heteroatoms. The van der Waals surface area contributed by atoms with Crippen LogP contribution >= 0.6 is 15.9 Å². The van der Waals surface area contributed by atoms with Crippen molar-refractivity contribution >= 4 is 21.8 Å². The highest BCUT2D eigenvalue weighted by atomic mass is 79.9. The van der Waals surface area contributed by atoms with Crippen LogP contribution in [0.4, 0.5) is 8.78 Å². The van der Waals surface area contributed by atoms with E-state index in [1.54, 1.807) is 0 Å². The molecule has 0 fully saturated rings. The standard InChI is InChI=1S/C9H6BrF2NO/c10-8-6(11)3-5(4-7(8)12)9-13-1-2-14-9/h3-4H,1-2H2. The average molecular weight is 262 g/mol. The molecule has 2 nitrogen and oxygen atoms in total. The Morgan fingerprint density at radius 1 is 1.29 bits per heavy atom. The second-order valence-electron chi connectivity index (χ2n) is 2.79. The van der Waals surface area contributed by atoms with Gasteiger partial charge in [-0.3, -0.25) is 0 Å². The molecule has 0 aliphatic carbocycles. The predicted molar refractivity (Wildman–Crippen MR) is 51.4 cm³/mol. The molecule has 0 saturated heterocycles. The molecule has 1 aliphatic rings. The summed E-state index contributed by atoms with van der Waals surface area (Å²) in [5.74, 6) is -1.01. The summed E-state index contributed by atoms with van der Waals surface area (Å²) in [5.41, 5.74) is 0.334. The first-order chi connectivity index (χ1) is 6.68. The van der Waals surface area contributed by atoms with Crippen LogP contribution in [0.25, 0.3) is 0 Å². The third-order valence-electron chi connectivity index (χ3n) is 1.82. The number of ether oxygens (including phenoxy) is 1. The van der Waals surface area contributed by atoms with Gasteiger partial charge >= 0.3 is 0 Å². The van der Waals surface area contributed by atoms with Gasteiger partial charge < -0.3 is 4.74 Å². The van der Waals surface area contributed by atoms with Crippen molar-refractivity contribution in [2.24, 2.45) is 4.99 Å². The van der Waals surface area contributed by atoms with Gasteiger partial charge in [-0.1, -0.05) is 0 Å². The molecule has 1 aromatic rings. The second kappa shape index (κ2) is 3.65. The minimum Gasteiger partial charge on any atom is -0.476 e. The zero-order valence-electron chi connectivity index (χ0n) is 7.06. The normalized spacial score (nSPS) is 15.2. The van der Waals surface area contributed by atoms with E-state index < -0.39 is 11.6 Å². The summed E-state index contributed by atoms with van der Waals surface area (Å²) in [4.78, 5) is 3.96. The van der Waals surface area contributed by atoms with Crippen LogP contribution < -0.4 is 0 Å². The molecular formula is C9H6BrF2NO. The van der Waals surface area contributed by atoms with E-state index in [2.05, 4.69) is 20.9 Å². The second-order valence-corrected chi connectivity index (χ2v) is 3.58. The van der Waals surface area contributed by atoms with Crippen molar-refractivity contribution in [2.75, 3.05) is 13.2 Å². The van der Waals surface area contributed by atoms with Crippen molar-refractivity contribution in [1.29, 1.82) is 0 Å². The first kappa shape index (κ1) is 9.58. The number of nitrogens with zero attached hydrogens (tertiary/aromatic N) is 1. The maximum Gasteiger partial charge on any atom is 0.216 e. The molecule has 0 atom stereocenters. The van der Waals surface area contributed by atoms with Gasteiger partial charge in [0.2, 0.25) is 5.90 Å². The molecule has 0 amide bonds. The fourth-order valence-electron chi connectivity index (χ4n) is 1.19. The molecule has 1 heterocycles. The Hall–Kier alpha value is -0.970. The van der Waals surface area contributed by atoms with Gasteiger partial charge in [0.1, 0.15) is 18.2 Å². The summed E-state index contributed by atoms with van der Waals surface area (Å²) in [6, 6.07) is 2.38. The van der Waals surface area contributed by atoms with Gasteiger partial charge in [-0.05, 0) is 28.1 Å². The minimum atomic E-state index is -0.654. The Bertz CT molecular complexity index is 383. The van der Waals surface area contributed by atoms with Gasteiger partial charge in [-0.2, -0.15) is 0 Å². The Balaban J connectivity index is 2.45. The summed E-state index contributed by atoms with van der Waals surface area (Å²) in [7, 11) is 0. The van der Waals surface area contributed by atoms with E-state index in [-0.39, 0.29) is 4.47 Å². The Labute approximate surface area is 87.7 Å². The monoisotopic (exact) mass is 261 g/mol. The molecule has 0 saturated carbocycles. The van der Waals surface area contributed by atoms with Crippen molar-refractivity contribution < 1.29 is 13.5 Å². The molecule has 1 aromatic carbocycles. The zero-order chi connectivity index (χ0) is 10.1. The van der Waals surface area contributed by atoms with Crippen LogP contribution in [0.2, 0.25) is 0 Å². The average Bonchev–Trinajstić information content (AvgIpc) is 2.66. The van der Waals surface area contributed by atoms with Gasteiger partial charge in [0, 0.05) is 5.56 Å². The Morgan fingerprint density at radius 3 is 2.43 bits per heavy atom. The first-order valence-corrected chi connectivity index (χ1v) is 4.80. The van der Waals surface area contributed by atoms with Crippen molar-refractivity contribution in [2.45, 2.75) is 0 Å². The molecule has 14 heavy (non-hydrogen) atoms. The molecule has 0 aromatic heterocycles. The summed E-state index contributed by atoms with van der Waals surface area (Å²) in [6.07, 6.45) is 0. The highest BCUT2D eigenvalue weighted by Crippen LogP contribution is 2.22. The third-order valence-corrected chi connectivity index (χ3v) is 2.57. The minimum absolute atomic E-state index is 0.167. The lowest BCUT2D eigenvalue weighted by Gasteiger charge is -2.03. The van der Waals surface area contributed by atoms with Crippen LogP contribution in [0.15, 0.2) is 21.6 Å². The number of benzene rings is 1. The van der Waals surface area contributed by atoms with Crippen LogP contribution in [-0.2, 0) is 4.74 Å². The largest absolute Gasteiger partial charge is 0.476 e. The van der Waals surface area contributed by atoms with Crippen LogP contribution in [0.1, 0.15) is 5.56 Å². The molecule has 0 spiro atoms. The summed E-state index contributed by atoms with van der Waals surface area (Å²) in [6.45, 7) is 1.00. The lowest BCUT2D eigenvalue weighted by Crippen LogP contribution is -2.03. The van der Waals surface area contributed by atoms with Gasteiger partial charge in [-0.25, -0.2) is 13.8 Å². The quantitative estimate of drug-likeness (QED) is 0.712. The van der Waals surface area contributed by atoms with Crippen molar-refractivity contribution in [3.05, 3.63) is 33.8 Å². The number of hydrogen-bond donors (Lipinski definition) is 0. The fourth-order valence-corrected chi connectivity index (χ4v) is 1.42. The molecule has 0 bridgehead atoms. The Kier molecular flexibility index (Phi) is 2.50. The number of aliphatic imine (C=N–C) groups is 1. The van der Waals surface area contributed by atoms with E-state index in [0.29, 0.717) is 24.6 Å². The highest BCUT2D eigenvalue weighted by Gasteiger charge is 2.15. The molecule has 0 N–H and O–H groups in total. The van der Waals surface area contributed by atoms with E-state index >= 15 is 0 Å². The van der Waals surface area contributed by atoms with E-state index in [0.717, 1.165) is 0 Å². The number of rotatable bonds is 1. The van der Waals surface area contributed by atoms with Gasteiger partial charge in [-0.15, -0.1) is 0 Å². The van der Waals surface area contributed by atoms with Gasteiger partial charge in [0.05, 0.1) is 11.0 Å². The van der Waals surface area contributed by atoms with Crippen molar-refractivity contribution in [3.63, 3.8) is 0 Å². The lowest BCUT2D eigenvalue weighted by molar-refractivity contribution is 0.348. The maximum atomic E-state index is 13.1. The molecular weight excluding hydrogens is 256 g/mol. The van der Waals surface area contributed by atoms with Crippen LogP contribution in [-0.4, -0.2) is 19.0 Å². The zero-order valence-corrected chi connectivity index (χ0v) is 8.64. The molecule has 74 valence electrons. The van der Waals surface area contributed by atoms with E-state index in [9.17, 15) is 8.78 Å². The fraction of sp³-hybridized carbons (Fsp3) is 0.222. The summed E-state index contributed by atoms with van der Waals surface area (Å²) in [5, 5.41) is 0. The number of hydrogen-bond acceptors (Lipinski definition) is 2. The summed E-state index contributed by atoms with van der Waals surface area (Å²) >= 11 is 2.79. The molecule has 1 aliphatic heterocycles. The topological polar surface area (TPSA) is 21.6 Å². The van der Waals surface area contributed by atoms with Crippen molar-refractivity contribution in [3.8, 4) is 0 Å². The SMILES string of the molecule is Fc1cc(C2=NCCO2)cc(F)c1Br. The van der Waals surface area contributed by atoms with E-state index in [1.165, 1.54) is 12.1 Å². The predicted octanol–water partition coefficient (Wildman–Crippen LogP) is 2.50. The Morgan fingerprint density at radius 2 is 1.93 bits per heavy atom. The van der Waals surface area contributed by atoms with E-state index in [4.69, 9.17) is 4.74 Å². The van der Waals surface area contributed by atoms with E-state index in [1.807, 2.05) is 0 Å². The smallest absolute Gasteiger partial charge is 0.216 e. The van der Waals surface area contributed by atoms with Crippen LogP contribution in [0.5, 0.6) is 0 Å². The number of halogens is 3. The van der Waals surface area contributed by atoms with Crippen molar-refractivity contribution in [1.82, 2.24) is 0 Å². The first-order valence-electron chi connectivity index (χ1n) is 4.00. The maximum absolute atomic E-state index is 13.1.